The molecule has 0 unspecified atom stereocenters. The molecule has 0 spiro atoms. The summed E-state index contributed by atoms with van der Waals surface area (Å²) in [5, 5.41) is 0. The van der Waals surface area contributed by atoms with Crippen molar-refractivity contribution >= 4 is 0 Å². The van der Waals surface area contributed by atoms with Gasteiger partial charge in [0.1, 0.15) is 0 Å². The maximum Gasteiger partial charge on any atom is 0.389 e. The topological polar surface area (TPSA) is 29.3 Å². The molecule has 1 aliphatic rings. The lowest BCUT2D eigenvalue weighted by Crippen LogP contribution is -2.41. The lowest BCUT2D eigenvalue weighted by atomic mass is 9.90. The molecule has 1 rings (SSSR count). The molecule has 5 heteroatoms. The first-order chi connectivity index (χ1) is 7.92. The second-order valence-electron chi connectivity index (χ2n) is 4.92. The van der Waals surface area contributed by atoms with Crippen molar-refractivity contribution in [3.05, 3.63) is 0 Å². The molecule has 2 nitrogen and oxygen atoms in total. The third-order valence-electron chi connectivity index (χ3n) is 3.57. The Morgan fingerprint density at radius 1 is 1.18 bits per heavy atom. The van der Waals surface area contributed by atoms with Crippen LogP contribution in [0.3, 0.4) is 0 Å². The van der Waals surface area contributed by atoms with E-state index in [0.29, 0.717) is 18.6 Å². The lowest BCUT2D eigenvalue weighted by Gasteiger charge is -2.35. The molecule has 1 fully saturated rings. The average molecular weight is 252 g/mol. The van der Waals surface area contributed by atoms with Gasteiger partial charge in [0.2, 0.25) is 0 Å². The average Bonchev–Trinajstić information content (AvgIpc) is 2.24. The van der Waals surface area contributed by atoms with Gasteiger partial charge in [-0.3, -0.25) is 0 Å². The number of hydrogen-bond acceptors (Lipinski definition) is 2. The zero-order valence-electron chi connectivity index (χ0n) is 10.5. The molecule has 1 aliphatic carbocycles. The van der Waals surface area contributed by atoms with Crippen molar-refractivity contribution in [2.24, 2.45) is 5.73 Å². The van der Waals surface area contributed by atoms with Gasteiger partial charge in [-0.25, -0.2) is 0 Å². The van der Waals surface area contributed by atoms with E-state index in [0.717, 1.165) is 32.2 Å². The normalized spacial score (nSPS) is 26.5. The van der Waals surface area contributed by atoms with Crippen LogP contribution in [-0.4, -0.2) is 36.2 Å². The van der Waals surface area contributed by atoms with Crippen LogP contribution in [-0.2, 0) is 0 Å². The van der Waals surface area contributed by atoms with Crippen molar-refractivity contribution in [3.8, 4) is 0 Å². The van der Waals surface area contributed by atoms with Crippen molar-refractivity contribution in [2.75, 3.05) is 13.1 Å². The third-order valence-corrected chi connectivity index (χ3v) is 3.57. The predicted molar refractivity (Wildman–Crippen MR) is 62.8 cm³/mol. The van der Waals surface area contributed by atoms with Crippen molar-refractivity contribution in [1.82, 2.24) is 4.90 Å². The number of nitrogens with two attached hydrogens (primary N) is 1. The molecule has 0 aromatic rings. The van der Waals surface area contributed by atoms with Gasteiger partial charge in [0, 0.05) is 18.5 Å². The Morgan fingerprint density at radius 3 is 2.24 bits per heavy atom. The van der Waals surface area contributed by atoms with Gasteiger partial charge < -0.3 is 10.6 Å². The third kappa shape index (κ3) is 5.73. The summed E-state index contributed by atoms with van der Waals surface area (Å²) in [5.41, 5.74) is 5.83. The number of alkyl halides is 3. The first kappa shape index (κ1) is 14.8. The Bertz CT molecular complexity index is 210. The SMILES string of the molecule is CCN(CCCC(F)(F)F)C1CCC(N)CC1. The second kappa shape index (κ2) is 6.59. The molecule has 0 aromatic carbocycles. The van der Waals surface area contributed by atoms with Crippen molar-refractivity contribution in [3.63, 3.8) is 0 Å². The van der Waals surface area contributed by atoms with Gasteiger partial charge in [0.05, 0.1) is 0 Å². The molecule has 102 valence electrons. The summed E-state index contributed by atoms with van der Waals surface area (Å²) in [6.07, 6.45) is -0.424. The molecule has 1 saturated carbocycles. The van der Waals surface area contributed by atoms with E-state index in [9.17, 15) is 13.2 Å². The first-order valence-corrected chi connectivity index (χ1v) is 6.48. The maximum atomic E-state index is 12.1. The molecule has 17 heavy (non-hydrogen) atoms. The Morgan fingerprint density at radius 2 is 1.76 bits per heavy atom. The van der Waals surface area contributed by atoms with Gasteiger partial charge in [0.25, 0.3) is 0 Å². The highest BCUT2D eigenvalue weighted by Gasteiger charge is 2.28. The highest BCUT2D eigenvalue weighted by Crippen LogP contribution is 2.24. The molecule has 0 amide bonds. The van der Waals surface area contributed by atoms with E-state index in [2.05, 4.69) is 4.90 Å². The molecule has 0 aromatic heterocycles. The van der Waals surface area contributed by atoms with Gasteiger partial charge in [-0.1, -0.05) is 6.92 Å². The lowest BCUT2D eigenvalue weighted by molar-refractivity contribution is -0.136. The van der Waals surface area contributed by atoms with E-state index >= 15 is 0 Å². The van der Waals surface area contributed by atoms with Crippen LogP contribution in [0.25, 0.3) is 0 Å². The zero-order chi connectivity index (χ0) is 12.9. The summed E-state index contributed by atoms with van der Waals surface area (Å²) in [5.74, 6) is 0. The standard InChI is InChI=1S/C12H23F3N2/c1-2-17(9-3-8-12(13,14)15)11-6-4-10(16)5-7-11/h10-11H,2-9,16H2,1H3. The predicted octanol–water partition coefficient (Wildman–Crippen LogP) is 2.92. The number of rotatable bonds is 5. The summed E-state index contributed by atoms with van der Waals surface area (Å²) < 4.78 is 36.2. The van der Waals surface area contributed by atoms with E-state index in [-0.39, 0.29) is 6.42 Å². The van der Waals surface area contributed by atoms with Gasteiger partial charge >= 0.3 is 6.18 Å². The van der Waals surface area contributed by atoms with Crippen LogP contribution in [0.1, 0.15) is 45.4 Å². The zero-order valence-corrected chi connectivity index (χ0v) is 10.5. The highest BCUT2D eigenvalue weighted by atomic mass is 19.4. The van der Waals surface area contributed by atoms with Crippen LogP contribution in [0, 0.1) is 0 Å². The van der Waals surface area contributed by atoms with Gasteiger partial charge in [-0.15, -0.1) is 0 Å². The van der Waals surface area contributed by atoms with Crippen molar-refractivity contribution in [1.29, 1.82) is 0 Å². The Balaban J connectivity index is 2.28. The number of halogens is 3. The van der Waals surface area contributed by atoms with Crippen LogP contribution in [0.15, 0.2) is 0 Å². The van der Waals surface area contributed by atoms with Gasteiger partial charge in [-0.2, -0.15) is 13.2 Å². The molecule has 0 aliphatic heterocycles. The summed E-state index contributed by atoms with van der Waals surface area (Å²) >= 11 is 0. The molecule has 0 atom stereocenters. The Labute approximate surface area is 101 Å². The van der Waals surface area contributed by atoms with E-state index in [1.54, 1.807) is 0 Å². The van der Waals surface area contributed by atoms with Crippen LogP contribution >= 0.6 is 0 Å². The Kier molecular flexibility index (Phi) is 5.73. The van der Waals surface area contributed by atoms with Crippen molar-refractivity contribution < 1.29 is 13.2 Å². The van der Waals surface area contributed by atoms with E-state index in [4.69, 9.17) is 5.73 Å². The minimum absolute atomic E-state index is 0.208. The summed E-state index contributed by atoms with van der Waals surface area (Å²) in [6, 6.07) is 0.730. The van der Waals surface area contributed by atoms with E-state index < -0.39 is 12.6 Å². The number of nitrogens with zero attached hydrogens (tertiary/aromatic N) is 1. The van der Waals surface area contributed by atoms with Crippen LogP contribution < -0.4 is 5.73 Å². The fourth-order valence-electron chi connectivity index (χ4n) is 2.55. The van der Waals surface area contributed by atoms with Crippen LogP contribution in [0.4, 0.5) is 13.2 Å². The second-order valence-corrected chi connectivity index (χ2v) is 4.92. The molecule has 0 heterocycles. The summed E-state index contributed by atoms with van der Waals surface area (Å²) in [6.45, 7) is 3.40. The van der Waals surface area contributed by atoms with Crippen LogP contribution in [0.2, 0.25) is 0 Å². The molecule has 0 saturated heterocycles. The quantitative estimate of drug-likeness (QED) is 0.815. The van der Waals surface area contributed by atoms with Crippen LogP contribution in [0.5, 0.6) is 0 Å². The fourth-order valence-corrected chi connectivity index (χ4v) is 2.55. The molecule has 0 bridgehead atoms. The smallest absolute Gasteiger partial charge is 0.328 e. The monoisotopic (exact) mass is 252 g/mol. The fraction of sp³-hybridized carbons (Fsp3) is 1.00. The molecular formula is C12H23F3N2. The number of hydrogen-bond donors (Lipinski definition) is 1. The van der Waals surface area contributed by atoms with Crippen molar-refractivity contribution in [2.45, 2.75) is 63.7 Å². The summed E-state index contributed by atoms with van der Waals surface area (Å²) in [7, 11) is 0. The minimum Gasteiger partial charge on any atom is -0.328 e. The molecular weight excluding hydrogens is 229 g/mol. The highest BCUT2D eigenvalue weighted by molar-refractivity contribution is 4.80. The van der Waals surface area contributed by atoms with E-state index in [1.807, 2.05) is 6.92 Å². The maximum absolute atomic E-state index is 12.1. The van der Waals surface area contributed by atoms with E-state index in [1.165, 1.54) is 0 Å². The largest absolute Gasteiger partial charge is 0.389 e. The molecule has 0 radical (unpaired) electrons. The first-order valence-electron chi connectivity index (χ1n) is 6.48. The van der Waals surface area contributed by atoms with Gasteiger partial charge in [0.15, 0.2) is 0 Å². The minimum atomic E-state index is -4.02. The van der Waals surface area contributed by atoms with Gasteiger partial charge in [-0.05, 0) is 45.2 Å². The Hall–Kier alpha value is -0.290. The summed E-state index contributed by atoms with van der Waals surface area (Å²) in [4.78, 5) is 2.18. The molecule has 2 N–H and O–H groups in total.